The maximum atomic E-state index is 11.4. The van der Waals surface area contributed by atoms with Crippen LogP contribution < -0.4 is 10.0 Å². The van der Waals surface area contributed by atoms with Gasteiger partial charge in [0.1, 0.15) is 5.76 Å². The van der Waals surface area contributed by atoms with Gasteiger partial charge in [0, 0.05) is 11.3 Å². The largest absolute Gasteiger partial charge is 0.467 e. The first-order valence-corrected chi connectivity index (χ1v) is 10.4. The third-order valence-electron chi connectivity index (χ3n) is 3.50. The normalized spacial score (nSPS) is 11.7. The minimum atomic E-state index is -3.32. The fraction of sp³-hybridized carbons (Fsp3) is 0.125. The smallest absolute Gasteiger partial charge is 0.229 e. The number of imidazole rings is 1. The summed E-state index contributed by atoms with van der Waals surface area (Å²) in [6.07, 6.45) is 4.56. The van der Waals surface area contributed by atoms with Gasteiger partial charge in [0.2, 0.25) is 20.1 Å². The maximum absolute atomic E-state index is 11.4. The molecule has 0 unspecified atom stereocenters. The van der Waals surface area contributed by atoms with Gasteiger partial charge < -0.3 is 9.73 Å². The summed E-state index contributed by atoms with van der Waals surface area (Å²) in [5.41, 5.74) is 2.02. The molecule has 0 aliphatic carbocycles. The van der Waals surface area contributed by atoms with E-state index in [1.807, 2.05) is 24.4 Å². The van der Waals surface area contributed by atoms with E-state index in [1.54, 1.807) is 29.0 Å². The number of furan rings is 1. The first kappa shape index (κ1) is 16.6. The lowest BCUT2D eigenvalue weighted by atomic mass is 10.1. The van der Waals surface area contributed by atoms with Gasteiger partial charge >= 0.3 is 0 Å². The third kappa shape index (κ3) is 3.70. The lowest BCUT2D eigenvalue weighted by Crippen LogP contribution is -2.09. The average Bonchev–Trinajstić information content (AvgIpc) is 3.27. The van der Waals surface area contributed by atoms with E-state index in [4.69, 9.17) is 4.42 Å². The standard InChI is InChI=1S/C16H15N5O3S2/c1-26(22,23)20-12-5-2-4-11(8-12)14-10-21-16(18-14)25-15(19-21)17-9-13-6-3-7-24-13/h2-8,10,20H,9H2,1H3,(H,17,19). The molecule has 0 saturated carbocycles. The summed E-state index contributed by atoms with van der Waals surface area (Å²) in [6.45, 7) is 0.551. The predicted molar refractivity (Wildman–Crippen MR) is 101 cm³/mol. The van der Waals surface area contributed by atoms with Crippen molar-refractivity contribution in [1.29, 1.82) is 0 Å². The summed E-state index contributed by atoms with van der Waals surface area (Å²) in [5, 5.41) is 8.38. The Morgan fingerprint density at radius 1 is 1.27 bits per heavy atom. The molecule has 26 heavy (non-hydrogen) atoms. The van der Waals surface area contributed by atoms with Crippen molar-refractivity contribution in [3.63, 3.8) is 0 Å². The zero-order valence-corrected chi connectivity index (χ0v) is 15.3. The van der Waals surface area contributed by atoms with Crippen molar-refractivity contribution in [2.24, 2.45) is 0 Å². The van der Waals surface area contributed by atoms with E-state index in [0.29, 0.717) is 12.2 Å². The van der Waals surface area contributed by atoms with Gasteiger partial charge in [-0.15, -0.1) is 5.10 Å². The predicted octanol–water partition coefficient (Wildman–Crippen LogP) is 3.03. The summed E-state index contributed by atoms with van der Waals surface area (Å²) >= 11 is 1.43. The Hall–Kier alpha value is -2.85. The lowest BCUT2D eigenvalue weighted by molar-refractivity contribution is 0.518. The van der Waals surface area contributed by atoms with E-state index in [1.165, 1.54) is 11.3 Å². The van der Waals surface area contributed by atoms with Gasteiger partial charge in [-0.3, -0.25) is 4.72 Å². The molecule has 1 aromatic carbocycles. The quantitative estimate of drug-likeness (QED) is 0.526. The first-order valence-electron chi connectivity index (χ1n) is 7.67. The van der Waals surface area contributed by atoms with Crippen LogP contribution in [0.15, 0.2) is 53.3 Å². The van der Waals surface area contributed by atoms with Gasteiger partial charge in [0.05, 0.1) is 31.0 Å². The van der Waals surface area contributed by atoms with Crippen LogP contribution in [0.3, 0.4) is 0 Å². The van der Waals surface area contributed by atoms with Gasteiger partial charge in [-0.2, -0.15) is 0 Å². The summed E-state index contributed by atoms with van der Waals surface area (Å²) in [4.78, 5) is 5.30. The van der Waals surface area contributed by atoms with Gasteiger partial charge in [0.15, 0.2) is 0 Å². The molecule has 0 bridgehead atoms. The number of sulfonamides is 1. The number of anilines is 2. The monoisotopic (exact) mass is 389 g/mol. The summed E-state index contributed by atoms with van der Waals surface area (Å²) in [6, 6.07) is 10.8. The highest BCUT2D eigenvalue weighted by molar-refractivity contribution is 7.92. The Kier molecular flexibility index (Phi) is 4.13. The molecule has 134 valence electrons. The van der Waals surface area contributed by atoms with Crippen LogP contribution >= 0.6 is 11.3 Å². The Morgan fingerprint density at radius 2 is 2.15 bits per heavy atom. The molecule has 0 aliphatic heterocycles. The fourth-order valence-corrected chi connectivity index (χ4v) is 3.77. The Labute approximate surface area is 153 Å². The molecule has 10 heteroatoms. The van der Waals surface area contributed by atoms with E-state index >= 15 is 0 Å². The van der Waals surface area contributed by atoms with Crippen LogP contribution in [-0.4, -0.2) is 29.3 Å². The highest BCUT2D eigenvalue weighted by atomic mass is 32.2. The molecule has 4 rings (SSSR count). The van der Waals surface area contributed by atoms with Crippen molar-refractivity contribution < 1.29 is 12.8 Å². The molecule has 0 radical (unpaired) electrons. The molecule has 8 nitrogen and oxygen atoms in total. The molecule has 3 heterocycles. The highest BCUT2D eigenvalue weighted by Crippen LogP contribution is 2.26. The molecular weight excluding hydrogens is 374 g/mol. The van der Waals surface area contributed by atoms with Crippen molar-refractivity contribution in [1.82, 2.24) is 14.6 Å². The number of rotatable bonds is 6. The van der Waals surface area contributed by atoms with E-state index in [2.05, 4.69) is 20.1 Å². The molecule has 0 fully saturated rings. The van der Waals surface area contributed by atoms with E-state index in [-0.39, 0.29) is 0 Å². The van der Waals surface area contributed by atoms with Crippen molar-refractivity contribution >= 4 is 37.1 Å². The van der Waals surface area contributed by atoms with E-state index in [9.17, 15) is 8.42 Å². The number of hydrogen-bond acceptors (Lipinski definition) is 7. The lowest BCUT2D eigenvalue weighted by Gasteiger charge is -2.04. The zero-order chi connectivity index (χ0) is 18.1. The number of hydrogen-bond donors (Lipinski definition) is 2. The van der Waals surface area contributed by atoms with Crippen molar-refractivity contribution in [2.45, 2.75) is 6.54 Å². The topological polar surface area (TPSA) is 102 Å². The van der Waals surface area contributed by atoms with E-state index in [0.717, 1.165) is 33.4 Å². The second kappa shape index (κ2) is 6.46. The Bertz CT molecular complexity index is 1110. The third-order valence-corrected chi connectivity index (χ3v) is 4.99. The molecule has 0 aliphatic rings. The zero-order valence-electron chi connectivity index (χ0n) is 13.7. The van der Waals surface area contributed by atoms with Gasteiger partial charge in [-0.25, -0.2) is 17.9 Å². The molecule has 4 aromatic rings. The molecule has 2 N–H and O–H groups in total. The molecule has 3 aromatic heterocycles. The number of aromatic nitrogens is 3. The summed E-state index contributed by atoms with van der Waals surface area (Å²) in [7, 11) is -3.32. The van der Waals surface area contributed by atoms with Crippen LogP contribution in [0.2, 0.25) is 0 Å². The number of nitrogens with zero attached hydrogens (tertiary/aromatic N) is 3. The Morgan fingerprint density at radius 3 is 2.88 bits per heavy atom. The van der Waals surface area contributed by atoms with Crippen molar-refractivity contribution in [3.8, 4) is 11.3 Å². The number of nitrogens with one attached hydrogen (secondary N) is 2. The average molecular weight is 389 g/mol. The van der Waals surface area contributed by atoms with Crippen LogP contribution in [0, 0.1) is 0 Å². The molecular formula is C16H15N5O3S2. The molecule has 0 amide bonds. The summed E-state index contributed by atoms with van der Waals surface area (Å²) < 4.78 is 32.2. The number of benzene rings is 1. The SMILES string of the molecule is CS(=O)(=O)Nc1cccc(-c2cn3nc(NCc4ccco4)sc3n2)c1. The van der Waals surface area contributed by atoms with Crippen LogP contribution in [0.5, 0.6) is 0 Å². The minimum absolute atomic E-state index is 0.495. The summed E-state index contributed by atoms with van der Waals surface area (Å²) in [5.74, 6) is 0.828. The van der Waals surface area contributed by atoms with Crippen LogP contribution in [0.25, 0.3) is 16.2 Å². The van der Waals surface area contributed by atoms with Crippen LogP contribution in [-0.2, 0) is 16.6 Å². The van der Waals surface area contributed by atoms with Crippen LogP contribution in [0.1, 0.15) is 5.76 Å². The van der Waals surface area contributed by atoms with Gasteiger partial charge in [-0.05, 0) is 24.3 Å². The van der Waals surface area contributed by atoms with Crippen molar-refractivity contribution in [2.75, 3.05) is 16.3 Å². The molecule has 0 saturated heterocycles. The fourth-order valence-electron chi connectivity index (χ4n) is 2.44. The Balaban J connectivity index is 1.54. The minimum Gasteiger partial charge on any atom is -0.467 e. The maximum Gasteiger partial charge on any atom is 0.229 e. The van der Waals surface area contributed by atoms with Gasteiger partial charge in [-0.1, -0.05) is 23.5 Å². The van der Waals surface area contributed by atoms with Crippen molar-refractivity contribution in [3.05, 3.63) is 54.6 Å². The number of fused-ring (bicyclic) bond motifs is 1. The van der Waals surface area contributed by atoms with Crippen LogP contribution in [0.4, 0.5) is 10.8 Å². The van der Waals surface area contributed by atoms with E-state index < -0.39 is 10.0 Å². The van der Waals surface area contributed by atoms with Gasteiger partial charge in [0.25, 0.3) is 0 Å². The molecule has 0 spiro atoms. The molecule has 0 atom stereocenters. The second-order valence-electron chi connectivity index (χ2n) is 5.65. The second-order valence-corrected chi connectivity index (χ2v) is 8.35. The highest BCUT2D eigenvalue weighted by Gasteiger charge is 2.11. The first-order chi connectivity index (χ1) is 12.5.